The maximum Gasteiger partial charge on any atom is 0.108 e. The molecule has 20 heavy (non-hydrogen) atoms. The number of hydrogen-bond donors (Lipinski definition) is 1. The lowest BCUT2D eigenvalue weighted by Gasteiger charge is -2.44. The van der Waals surface area contributed by atoms with Crippen LogP contribution in [-0.4, -0.2) is 48.8 Å². The third-order valence-corrected chi connectivity index (χ3v) is 4.19. The molecule has 0 aromatic carbocycles. The third kappa shape index (κ3) is 4.73. The minimum Gasteiger partial charge on any atom is -0.383 e. The Kier molecular flexibility index (Phi) is 6.94. The predicted molar refractivity (Wildman–Crippen MR) is 82.6 cm³/mol. The van der Waals surface area contributed by atoms with Crippen LogP contribution in [0.3, 0.4) is 0 Å². The summed E-state index contributed by atoms with van der Waals surface area (Å²) in [5.41, 5.74) is -0.350. The molecule has 4 nitrogen and oxygen atoms in total. The molecule has 116 valence electrons. The van der Waals surface area contributed by atoms with E-state index >= 15 is 0 Å². The van der Waals surface area contributed by atoms with Gasteiger partial charge < -0.3 is 4.74 Å². The first-order chi connectivity index (χ1) is 9.44. The van der Waals surface area contributed by atoms with Crippen LogP contribution in [0.2, 0.25) is 0 Å². The largest absolute Gasteiger partial charge is 0.383 e. The number of nitrogens with zero attached hydrogens (tertiary/aromatic N) is 2. The molecule has 1 N–H and O–H groups in total. The molecule has 2 unspecified atom stereocenters. The molecule has 0 amide bonds. The van der Waals surface area contributed by atoms with Crippen molar-refractivity contribution in [3.05, 3.63) is 0 Å². The van der Waals surface area contributed by atoms with Crippen LogP contribution in [-0.2, 0) is 4.74 Å². The number of rotatable bonds is 7. The van der Waals surface area contributed by atoms with Gasteiger partial charge in [0.2, 0.25) is 0 Å². The van der Waals surface area contributed by atoms with Gasteiger partial charge in [-0.2, -0.15) is 5.26 Å². The molecule has 0 bridgehead atoms. The highest BCUT2D eigenvalue weighted by atomic mass is 16.5. The zero-order valence-corrected chi connectivity index (χ0v) is 13.8. The molecule has 4 heteroatoms. The zero-order valence-electron chi connectivity index (χ0n) is 13.8. The molecule has 1 saturated carbocycles. The molecule has 0 saturated heterocycles. The third-order valence-electron chi connectivity index (χ3n) is 4.19. The molecule has 1 rings (SSSR count). The fraction of sp³-hybridized carbons (Fsp3) is 0.938. The Hall–Kier alpha value is -0.630. The van der Waals surface area contributed by atoms with Gasteiger partial charge in [0.1, 0.15) is 5.54 Å². The molecule has 1 aliphatic carbocycles. The van der Waals surface area contributed by atoms with Crippen LogP contribution in [0.5, 0.6) is 0 Å². The molecule has 0 aliphatic heterocycles. The van der Waals surface area contributed by atoms with Crippen LogP contribution in [0.25, 0.3) is 0 Å². The second-order valence-electron chi connectivity index (χ2n) is 6.57. The van der Waals surface area contributed by atoms with E-state index in [0.717, 1.165) is 32.4 Å². The summed E-state index contributed by atoms with van der Waals surface area (Å²) in [4.78, 5) is 2.50. The molecule has 2 atom stereocenters. The van der Waals surface area contributed by atoms with Gasteiger partial charge in [0.25, 0.3) is 0 Å². The molecule has 0 heterocycles. The monoisotopic (exact) mass is 281 g/mol. The second kappa shape index (κ2) is 7.97. The lowest BCUT2D eigenvalue weighted by molar-refractivity contribution is 0.0605. The number of nitrogens with one attached hydrogen (secondary N) is 1. The van der Waals surface area contributed by atoms with Crippen molar-refractivity contribution in [1.29, 1.82) is 5.26 Å². The van der Waals surface area contributed by atoms with Crippen molar-refractivity contribution in [3.8, 4) is 6.07 Å². The quantitative estimate of drug-likeness (QED) is 0.779. The Morgan fingerprint density at radius 1 is 1.40 bits per heavy atom. The first-order valence-corrected chi connectivity index (χ1v) is 7.87. The molecule has 0 aromatic heterocycles. The Morgan fingerprint density at radius 2 is 2.10 bits per heavy atom. The van der Waals surface area contributed by atoms with E-state index in [2.05, 4.69) is 44.0 Å². The van der Waals surface area contributed by atoms with Gasteiger partial charge in [-0.15, -0.1) is 0 Å². The van der Waals surface area contributed by atoms with Gasteiger partial charge in [0, 0.05) is 31.8 Å². The van der Waals surface area contributed by atoms with E-state index in [1.807, 2.05) is 0 Å². The van der Waals surface area contributed by atoms with Gasteiger partial charge in [0.05, 0.1) is 12.7 Å². The predicted octanol–water partition coefficient (Wildman–Crippen LogP) is 2.55. The lowest BCUT2D eigenvalue weighted by atomic mass is 9.78. The minimum atomic E-state index is -0.350. The van der Waals surface area contributed by atoms with Gasteiger partial charge >= 0.3 is 0 Å². The summed E-state index contributed by atoms with van der Waals surface area (Å²) in [7, 11) is 1.75. The summed E-state index contributed by atoms with van der Waals surface area (Å²) < 4.78 is 5.23. The first kappa shape index (κ1) is 17.4. The van der Waals surface area contributed by atoms with E-state index in [1.54, 1.807) is 7.11 Å². The van der Waals surface area contributed by atoms with Crippen LogP contribution >= 0.6 is 0 Å². The van der Waals surface area contributed by atoms with Crippen molar-refractivity contribution in [2.45, 2.75) is 77.0 Å². The normalized spacial score (nSPS) is 27.2. The molecular weight excluding hydrogens is 250 g/mol. The molecule has 0 spiro atoms. The van der Waals surface area contributed by atoms with Crippen molar-refractivity contribution in [2.24, 2.45) is 0 Å². The fourth-order valence-corrected chi connectivity index (χ4v) is 3.41. The lowest BCUT2D eigenvalue weighted by Crippen LogP contribution is -2.56. The van der Waals surface area contributed by atoms with Crippen LogP contribution in [0.1, 0.15) is 53.4 Å². The van der Waals surface area contributed by atoms with Crippen molar-refractivity contribution < 1.29 is 4.74 Å². The molecule has 0 radical (unpaired) electrons. The van der Waals surface area contributed by atoms with E-state index in [-0.39, 0.29) is 5.54 Å². The van der Waals surface area contributed by atoms with E-state index < -0.39 is 0 Å². The van der Waals surface area contributed by atoms with E-state index in [1.165, 1.54) is 6.42 Å². The standard InChI is InChI=1S/C16H31N3O/c1-13(2)18-16(12-17)8-6-7-15(11-16)19(14(3)4)9-10-20-5/h13-15,18H,6-11H2,1-5H3. The Labute approximate surface area is 124 Å². The highest BCUT2D eigenvalue weighted by Gasteiger charge is 2.39. The summed E-state index contributed by atoms with van der Waals surface area (Å²) >= 11 is 0. The summed E-state index contributed by atoms with van der Waals surface area (Å²) in [6.45, 7) is 10.4. The van der Waals surface area contributed by atoms with Crippen LogP contribution in [0, 0.1) is 11.3 Å². The Balaban J connectivity index is 2.77. The smallest absolute Gasteiger partial charge is 0.108 e. The average Bonchev–Trinajstić information content (AvgIpc) is 2.38. The summed E-state index contributed by atoms with van der Waals surface area (Å²) in [6, 6.07) is 3.87. The van der Waals surface area contributed by atoms with Gasteiger partial charge in [-0.25, -0.2) is 0 Å². The molecule has 0 aromatic rings. The molecular formula is C16H31N3O. The SMILES string of the molecule is COCCN(C(C)C)C1CCCC(C#N)(NC(C)C)C1. The highest BCUT2D eigenvalue weighted by molar-refractivity contribution is 5.11. The van der Waals surface area contributed by atoms with Crippen LogP contribution in [0.4, 0.5) is 0 Å². The number of nitriles is 1. The number of methoxy groups -OCH3 is 1. The molecule has 1 aliphatic rings. The van der Waals surface area contributed by atoms with Crippen molar-refractivity contribution in [1.82, 2.24) is 10.2 Å². The van der Waals surface area contributed by atoms with Crippen molar-refractivity contribution in [2.75, 3.05) is 20.3 Å². The van der Waals surface area contributed by atoms with Gasteiger partial charge in [-0.1, -0.05) is 0 Å². The second-order valence-corrected chi connectivity index (χ2v) is 6.57. The van der Waals surface area contributed by atoms with Gasteiger partial charge in [-0.3, -0.25) is 10.2 Å². The van der Waals surface area contributed by atoms with E-state index in [9.17, 15) is 5.26 Å². The molecule has 1 fully saturated rings. The van der Waals surface area contributed by atoms with Crippen molar-refractivity contribution >= 4 is 0 Å². The topological polar surface area (TPSA) is 48.3 Å². The maximum absolute atomic E-state index is 9.65. The Morgan fingerprint density at radius 3 is 2.60 bits per heavy atom. The Bertz CT molecular complexity index is 324. The maximum atomic E-state index is 9.65. The zero-order chi connectivity index (χ0) is 15.2. The highest BCUT2D eigenvalue weighted by Crippen LogP contribution is 2.32. The van der Waals surface area contributed by atoms with Crippen molar-refractivity contribution in [3.63, 3.8) is 0 Å². The number of ether oxygens (including phenoxy) is 1. The summed E-state index contributed by atoms with van der Waals surface area (Å²) in [5.74, 6) is 0. The first-order valence-electron chi connectivity index (χ1n) is 7.87. The van der Waals surface area contributed by atoms with Crippen LogP contribution < -0.4 is 5.32 Å². The van der Waals surface area contributed by atoms with Gasteiger partial charge in [0.15, 0.2) is 0 Å². The summed E-state index contributed by atoms with van der Waals surface area (Å²) in [6.07, 6.45) is 4.19. The minimum absolute atomic E-state index is 0.347. The summed E-state index contributed by atoms with van der Waals surface area (Å²) in [5, 5.41) is 13.2. The van der Waals surface area contributed by atoms with E-state index in [0.29, 0.717) is 18.1 Å². The van der Waals surface area contributed by atoms with E-state index in [4.69, 9.17) is 4.74 Å². The number of hydrogen-bond acceptors (Lipinski definition) is 4. The average molecular weight is 281 g/mol. The van der Waals surface area contributed by atoms with Crippen LogP contribution in [0.15, 0.2) is 0 Å². The van der Waals surface area contributed by atoms with Gasteiger partial charge in [-0.05, 0) is 53.4 Å². The fourth-order valence-electron chi connectivity index (χ4n) is 3.41.